The van der Waals surface area contributed by atoms with E-state index in [1.807, 2.05) is 31.2 Å². The average molecular weight is 331 g/mol. The van der Waals surface area contributed by atoms with Crippen LogP contribution in [0.3, 0.4) is 0 Å². The Balaban J connectivity index is 2.38. The molecule has 0 unspecified atom stereocenters. The molecule has 0 fully saturated rings. The second kappa shape index (κ2) is 7.44. The molecule has 0 aliphatic carbocycles. The van der Waals surface area contributed by atoms with Crippen LogP contribution in [0.1, 0.15) is 18.5 Å². The van der Waals surface area contributed by atoms with E-state index in [0.29, 0.717) is 5.75 Å². The number of hydrogen-bond donors (Lipinski definition) is 1. The first-order valence-corrected chi connectivity index (χ1v) is 8.80. The summed E-state index contributed by atoms with van der Waals surface area (Å²) < 4.78 is 33.2. The highest BCUT2D eigenvalue weighted by atomic mass is 32.2. The molecule has 5 heteroatoms. The zero-order valence-corrected chi connectivity index (χ0v) is 14.1. The van der Waals surface area contributed by atoms with Crippen LogP contribution < -0.4 is 9.46 Å². The molecule has 1 N–H and O–H groups in total. The van der Waals surface area contributed by atoms with Gasteiger partial charge < -0.3 is 4.74 Å². The van der Waals surface area contributed by atoms with Gasteiger partial charge in [-0.2, -0.15) is 0 Å². The lowest BCUT2D eigenvalue weighted by Crippen LogP contribution is -2.32. The van der Waals surface area contributed by atoms with Gasteiger partial charge in [0.2, 0.25) is 10.0 Å². The number of rotatable bonds is 7. The number of ether oxygens (including phenoxy) is 1. The molecule has 2 aromatic carbocycles. The third-order valence-electron chi connectivity index (χ3n) is 3.69. The minimum Gasteiger partial charge on any atom is -0.497 e. The van der Waals surface area contributed by atoms with E-state index in [2.05, 4.69) is 11.3 Å². The van der Waals surface area contributed by atoms with Crippen molar-refractivity contribution in [2.75, 3.05) is 7.11 Å². The van der Waals surface area contributed by atoms with Crippen molar-refractivity contribution in [2.45, 2.75) is 17.9 Å². The molecule has 0 aliphatic rings. The van der Waals surface area contributed by atoms with Crippen molar-refractivity contribution < 1.29 is 13.2 Å². The Bertz CT molecular complexity index is 757. The number of nitrogens with one attached hydrogen (secondary N) is 1. The third-order valence-corrected chi connectivity index (χ3v) is 5.14. The highest BCUT2D eigenvalue weighted by Crippen LogP contribution is 2.27. The summed E-state index contributed by atoms with van der Waals surface area (Å²) in [6.45, 7) is 5.71. The van der Waals surface area contributed by atoms with E-state index in [0.717, 1.165) is 5.56 Å². The maximum atomic E-state index is 12.6. The van der Waals surface area contributed by atoms with Gasteiger partial charge in [-0.1, -0.05) is 43.3 Å². The van der Waals surface area contributed by atoms with Crippen molar-refractivity contribution >= 4 is 10.0 Å². The lowest BCUT2D eigenvalue weighted by molar-refractivity contribution is 0.412. The van der Waals surface area contributed by atoms with E-state index in [-0.39, 0.29) is 10.8 Å². The fraction of sp³-hybridized carbons (Fsp3) is 0.222. The first-order valence-electron chi connectivity index (χ1n) is 7.32. The molecule has 2 atom stereocenters. The van der Waals surface area contributed by atoms with Gasteiger partial charge in [-0.3, -0.25) is 0 Å². The molecule has 0 saturated carbocycles. The first-order chi connectivity index (χ1) is 11.0. The van der Waals surface area contributed by atoms with E-state index >= 15 is 0 Å². The van der Waals surface area contributed by atoms with Crippen LogP contribution in [0.25, 0.3) is 0 Å². The fourth-order valence-electron chi connectivity index (χ4n) is 2.28. The molecule has 0 bridgehead atoms. The molecule has 0 radical (unpaired) electrons. The zero-order valence-electron chi connectivity index (χ0n) is 13.3. The Hall–Kier alpha value is -2.11. The van der Waals surface area contributed by atoms with Crippen molar-refractivity contribution in [3.63, 3.8) is 0 Å². The molecule has 4 nitrogen and oxygen atoms in total. The van der Waals surface area contributed by atoms with Crippen LogP contribution in [-0.2, 0) is 10.0 Å². The average Bonchev–Trinajstić information content (AvgIpc) is 2.60. The van der Waals surface area contributed by atoms with E-state index in [1.165, 1.54) is 0 Å². The standard InChI is InChI=1S/C18H21NO3S/c1-4-14(2)18(15-9-8-10-16(13-15)22-3)19-23(20,21)17-11-6-5-7-12-17/h4-14,18-19H,1H2,2-3H3/t14-,18-/m0/s1. The van der Waals surface area contributed by atoms with Gasteiger partial charge in [0.25, 0.3) is 0 Å². The first kappa shape index (κ1) is 17.2. The second-order valence-electron chi connectivity index (χ2n) is 5.28. The Morgan fingerprint density at radius 2 is 1.83 bits per heavy atom. The monoisotopic (exact) mass is 331 g/mol. The van der Waals surface area contributed by atoms with Crippen molar-refractivity contribution in [1.29, 1.82) is 0 Å². The van der Waals surface area contributed by atoms with Gasteiger partial charge in [-0.15, -0.1) is 6.58 Å². The summed E-state index contributed by atoms with van der Waals surface area (Å²) in [5, 5.41) is 0. The van der Waals surface area contributed by atoms with Crippen molar-refractivity contribution in [2.24, 2.45) is 5.92 Å². The van der Waals surface area contributed by atoms with Crippen molar-refractivity contribution in [3.8, 4) is 5.75 Å². The largest absolute Gasteiger partial charge is 0.497 e. The van der Waals surface area contributed by atoms with E-state index in [1.54, 1.807) is 43.5 Å². The highest BCUT2D eigenvalue weighted by Gasteiger charge is 2.24. The molecule has 0 aromatic heterocycles. The molecular formula is C18H21NO3S. The minimum absolute atomic E-state index is 0.0828. The highest BCUT2D eigenvalue weighted by molar-refractivity contribution is 7.89. The maximum absolute atomic E-state index is 12.6. The van der Waals surface area contributed by atoms with Crippen molar-refractivity contribution in [1.82, 2.24) is 4.72 Å². The molecule has 122 valence electrons. The number of benzene rings is 2. The normalized spacial score (nSPS) is 14.0. The fourth-order valence-corrected chi connectivity index (χ4v) is 3.62. The molecule has 0 saturated heterocycles. The lowest BCUT2D eigenvalue weighted by atomic mass is 9.95. The van der Waals surface area contributed by atoms with Gasteiger partial charge in [0.15, 0.2) is 0 Å². The Morgan fingerprint density at radius 3 is 2.43 bits per heavy atom. The predicted molar refractivity (Wildman–Crippen MR) is 91.9 cm³/mol. The zero-order chi connectivity index (χ0) is 16.9. The summed E-state index contributed by atoms with van der Waals surface area (Å²) in [6, 6.07) is 15.3. The molecule has 23 heavy (non-hydrogen) atoms. The second-order valence-corrected chi connectivity index (χ2v) is 7.00. The summed E-state index contributed by atoms with van der Waals surface area (Å²) >= 11 is 0. The van der Waals surface area contributed by atoms with Crippen LogP contribution in [0, 0.1) is 5.92 Å². The van der Waals surface area contributed by atoms with Gasteiger partial charge in [0.1, 0.15) is 5.75 Å². The number of hydrogen-bond acceptors (Lipinski definition) is 3. The Labute approximate surface area is 137 Å². The van der Waals surface area contributed by atoms with Crippen LogP contribution in [-0.4, -0.2) is 15.5 Å². The van der Waals surface area contributed by atoms with Gasteiger partial charge in [0, 0.05) is 0 Å². The summed E-state index contributed by atoms with van der Waals surface area (Å²) in [5.74, 6) is 0.600. The SMILES string of the molecule is C=C[C@H](C)[C@H](NS(=O)(=O)c1ccccc1)c1cccc(OC)c1. The molecule has 0 aliphatic heterocycles. The van der Waals surface area contributed by atoms with Gasteiger partial charge in [-0.25, -0.2) is 13.1 Å². The quantitative estimate of drug-likeness (QED) is 0.790. The molecule has 2 rings (SSSR count). The smallest absolute Gasteiger partial charge is 0.241 e. The molecule has 2 aromatic rings. The number of methoxy groups -OCH3 is 1. The summed E-state index contributed by atoms with van der Waals surface area (Å²) in [7, 11) is -2.04. The molecule has 0 amide bonds. The van der Waals surface area contributed by atoms with Crippen LogP contribution >= 0.6 is 0 Å². The van der Waals surface area contributed by atoms with Crippen LogP contribution in [0.15, 0.2) is 72.1 Å². The minimum atomic E-state index is -3.62. The number of sulfonamides is 1. The lowest BCUT2D eigenvalue weighted by Gasteiger charge is -2.23. The molecule has 0 heterocycles. The Kier molecular flexibility index (Phi) is 5.58. The summed E-state index contributed by atoms with van der Waals surface area (Å²) in [4.78, 5) is 0.240. The topological polar surface area (TPSA) is 55.4 Å². The van der Waals surface area contributed by atoms with E-state index in [4.69, 9.17) is 4.74 Å². The van der Waals surface area contributed by atoms with Gasteiger partial charge in [0.05, 0.1) is 18.0 Å². The van der Waals surface area contributed by atoms with Crippen molar-refractivity contribution in [3.05, 3.63) is 72.8 Å². The molecule has 0 spiro atoms. The van der Waals surface area contributed by atoms with Crippen LogP contribution in [0.2, 0.25) is 0 Å². The van der Waals surface area contributed by atoms with E-state index < -0.39 is 16.1 Å². The third kappa shape index (κ3) is 4.21. The predicted octanol–water partition coefficient (Wildman–Crippen LogP) is 3.54. The van der Waals surface area contributed by atoms with Crippen LogP contribution in [0.5, 0.6) is 5.75 Å². The van der Waals surface area contributed by atoms with Gasteiger partial charge >= 0.3 is 0 Å². The maximum Gasteiger partial charge on any atom is 0.241 e. The summed E-state index contributed by atoms with van der Waals surface area (Å²) in [5.41, 5.74) is 0.830. The summed E-state index contributed by atoms with van der Waals surface area (Å²) in [6.07, 6.45) is 1.73. The van der Waals surface area contributed by atoms with E-state index in [9.17, 15) is 8.42 Å². The molecular weight excluding hydrogens is 310 g/mol. The van der Waals surface area contributed by atoms with Gasteiger partial charge in [-0.05, 0) is 35.7 Å². The Morgan fingerprint density at radius 1 is 1.13 bits per heavy atom. The van der Waals surface area contributed by atoms with Crippen LogP contribution in [0.4, 0.5) is 0 Å².